The first-order valence-corrected chi connectivity index (χ1v) is 12.2. The highest BCUT2D eigenvalue weighted by molar-refractivity contribution is 5.77. The van der Waals surface area contributed by atoms with Crippen LogP contribution in [-0.4, -0.2) is 31.0 Å². The first-order valence-electron chi connectivity index (χ1n) is 12.2. The lowest BCUT2D eigenvalue weighted by Gasteiger charge is -2.63. The van der Waals surface area contributed by atoms with Gasteiger partial charge in [0.05, 0.1) is 7.11 Å². The number of amides is 1. The van der Waals surface area contributed by atoms with E-state index in [0.717, 1.165) is 36.3 Å². The van der Waals surface area contributed by atoms with Gasteiger partial charge in [0.2, 0.25) is 5.91 Å². The molecule has 0 aromatic heterocycles. The SMILES string of the molecule is COc1ccc(C2CC[C@H]3[C@@H]4C(C)CC5N(C)C(=O)CC[C@]5(C)[C@@H]4CC[C@]23C)cc1. The first kappa shape index (κ1) is 20.4. The van der Waals surface area contributed by atoms with E-state index in [1.165, 1.54) is 37.7 Å². The highest BCUT2D eigenvalue weighted by Crippen LogP contribution is 2.68. The van der Waals surface area contributed by atoms with E-state index in [2.05, 4.69) is 57.0 Å². The summed E-state index contributed by atoms with van der Waals surface area (Å²) in [5.41, 5.74) is 2.22. The van der Waals surface area contributed by atoms with E-state index in [1.54, 1.807) is 7.11 Å². The van der Waals surface area contributed by atoms with Crippen molar-refractivity contribution in [3.05, 3.63) is 29.8 Å². The number of benzene rings is 1. The smallest absolute Gasteiger partial charge is 0.222 e. The van der Waals surface area contributed by atoms with Gasteiger partial charge in [-0.2, -0.15) is 0 Å². The molecule has 0 radical (unpaired) electrons. The minimum absolute atomic E-state index is 0.305. The molecule has 1 heterocycles. The van der Waals surface area contributed by atoms with Crippen LogP contribution in [0.4, 0.5) is 0 Å². The summed E-state index contributed by atoms with van der Waals surface area (Å²) in [7, 11) is 3.82. The predicted octanol–water partition coefficient (Wildman–Crippen LogP) is 5.89. The van der Waals surface area contributed by atoms with Crippen molar-refractivity contribution in [2.24, 2.45) is 34.5 Å². The maximum atomic E-state index is 12.5. The Morgan fingerprint density at radius 1 is 1.00 bits per heavy atom. The number of carbonyl (C=O) groups excluding carboxylic acids is 1. The molecule has 0 spiro atoms. The molecule has 164 valence electrons. The average Bonchev–Trinajstić information content (AvgIpc) is 3.10. The van der Waals surface area contributed by atoms with Gasteiger partial charge >= 0.3 is 0 Å². The van der Waals surface area contributed by atoms with Crippen LogP contribution >= 0.6 is 0 Å². The lowest BCUT2D eigenvalue weighted by molar-refractivity contribution is -0.165. The number of hydrogen-bond donors (Lipinski definition) is 0. The van der Waals surface area contributed by atoms with Crippen molar-refractivity contribution in [3.63, 3.8) is 0 Å². The molecule has 1 aromatic carbocycles. The molecule has 3 nitrogen and oxygen atoms in total. The molecule has 3 saturated carbocycles. The van der Waals surface area contributed by atoms with Crippen molar-refractivity contribution < 1.29 is 9.53 Å². The minimum Gasteiger partial charge on any atom is -0.497 e. The molecule has 4 fully saturated rings. The Kier molecular flexibility index (Phi) is 4.76. The maximum Gasteiger partial charge on any atom is 0.222 e. The maximum absolute atomic E-state index is 12.5. The fourth-order valence-corrected chi connectivity index (χ4v) is 8.85. The second-order valence-electron chi connectivity index (χ2n) is 11.5. The summed E-state index contributed by atoms with van der Waals surface area (Å²) < 4.78 is 5.40. The van der Waals surface area contributed by atoms with E-state index in [4.69, 9.17) is 4.74 Å². The fourth-order valence-electron chi connectivity index (χ4n) is 8.85. The highest BCUT2D eigenvalue weighted by atomic mass is 16.5. The lowest BCUT2D eigenvalue weighted by atomic mass is 9.44. The van der Waals surface area contributed by atoms with Gasteiger partial charge in [-0.05, 0) is 96.6 Å². The van der Waals surface area contributed by atoms with Crippen LogP contribution in [0.15, 0.2) is 24.3 Å². The zero-order valence-corrected chi connectivity index (χ0v) is 19.5. The Labute approximate surface area is 182 Å². The summed E-state index contributed by atoms with van der Waals surface area (Å²) in [6.07, 6.45) is 8.40. The van der Waals surface area contributed by atoms with Gasteiger partial charge in [0, 0.05) is 19.5 Å². The second-order valence-corrected chi connectivity index (χ2v) is 11.5. The normalized spacial score (nSPS) is 45.5. The van der Waals surface area contributed by atoms with Gasteiger partial charge in [-0.15, -0.1) is 0 Å². The molecule has 8 atom stereocenters. The van der Waals surface area contributed by atoms with Gasteiger partial charge in [-0.25, -0.2) is 0 Å². The van der Waals surface area contributed by atoms with Crippen molar-refractivity contribution in [1.82, 2.24) is 4.90 Å². The van der Waals surface area contributed by atoms with Crippen LogP contribution in [-0.2, 0) is 4.79 Å². The van der Waals surface area contributed by atoms with Gasteiger partial charge in [0.1, 0.15) is 5.75 Å². The quantitative estimate of drug-likeness (QED) is 0.610. The standard InChI is InChI=1S/C27H39NO2/c1-17-16-23-27(3,15-13-24(29)28(23)4)22-12-14-26(2)20(10-11-21(26)25(17)22)18-6-8-19(30-5)9-7-18/h6-9,17,20-23,25H,10-16H2,1-5H3/t17?,20?,21-,22+,23?,25-,26+,27+/m0/s1. The summed E-state index contributed by atoms with van der Waals surface area (Å²) in [5.74, 6) is 5.11. The molecule has 1 aliphatic heterocycles. The first-order chi connectivity index (χ1) is 14.3. The largest absolute Gasteiger partial charge is 0.497 e. The second kappa shape index (κ2) is 7.00. The molecule has 0 bridgehead atoms. The number of rotatable bonds is 2. The van der Waals surface area contributed by atoms with Gasteiger partial charge < -0.3 is 9.64 Å². The summed E-state index contributed by atoms with van der Waals surface area (Å²) >= 11 is 0. The number of fused-ring (bicyclic) bond motifs is 5. The third-order valence-electron chi connectivity index (χ3n) is 10.4. The predicted molar refractivity (Wildman–Crippen MR) is 120 cm³/mol. The molecular weight excluding hydrogens is 370 g/mol. The van der Waals surface area contributed by atoms with E-state index in [0.29, 0.717) is 34.6 Å². The zero-order valence-electron chi connectivity index (χ0n) is 19.5. The number of ether oxygens (including phenoxy) is 1. The van der Waals surface area contributed by atoms with Crippen LogP contribution in [0.1, 0.15) is 77.2 Å². The number of likely N-dealkylation sites (tertiary alicyclic amines) is 1. The number of nitrogens with zero attached hydrogens (tertiary/aromatic N) is 1. The van der Waals surface area contributed by atoms with Gasteiger partial charge in [-0.1, -0.05) is 32.9 Å². The molecule has 3 unspecified atom stereocenters. The Morgan fingerprint density at radius 3 is 2.40 bits per heavy atom. The molecule has 1 saturated heterocycles. The zero-order chi connectivity index (χ0) is 21.3. The van der Waals surface area contributed by atoms with Crippen molar-refractivity contribution in [3.8, 4) is 5.75 Å². The highest BCUT2D eigenvalue weighted by Gasteiger charge is 2.62. The summed E-state index contributed by atoms with van der Waals surface area (Å²) in [6, 6.07) is 9.35. The minimum atomic E-state index is 0.305. The van der Waals surface area contributed by atoms with Crippen LogP contribution in [0.2, 0.25) is 0 Å². The van der Waals surface area contributed by atoms with Crippen molar-refractivity contribution >= 4 is 5.91 Å². The molecular formula is C27H39NO2. The summed E-state index contributed by atoms with van der Waals surface area (Å²) in [4.78, 5) is 14.6. The van der Waals surface area contributed by atoms with E-state index in [-0.39, 0.29) is 0 Å². The van der Waals surface area contributed by atoms with Crippen LogP contribution in [0.3, 0.4) is 0 Å². The Hall–Kier alpha value is -1.51. The lowest BCUT2D eigenvalue weighted by Crippen LogP contribution is -2.63. The van der Waals surface area contributed by atoms with Crippen molar-refractivity contribution in [2.75, 3.05) is 14.2 Å². The van der Waals surface area contributed by atoms with Crippen LogP contribution < -0.4 is 4.74 Å². The molecule has 1 amide bonds. The van der Waals surface area contributed by atoms with Crippen LogP contribution in [0.25, 0.3) is 0 Å². The number of carbonyl (C=O) groups is 1. The van der Waals surface area contributed by atoms with E-state index < -0.39 is 0 Å². The molecule has 5 rings (SSSR count). The molecule has 3 aliphatic carbocycles. The van der Waals surface area contributed by atoms with E-state index in [1.807, 2.05) is 0 Å². The Balaban J connectivity index is 1.45. The van der Waals surface area contributed by atoms with Crippen LogP contribution in [0.5, 0.6) is 5.75 Å². The third-order valence-corrected chi connectivity index (χ3v) is 10.4. The average molecular weight is 410 g/mol. The monoisotopic (exact) mass is 409 g/mol. The molecule has 30 heavy (non-hydrogen) atoms. The number of methoxy groups -OCH3 is 1. The van der Waals surface area contributed by atoms with Gasteiger partial charge in [0.15, 0.2) is 0 Å². The Morgan fingerprint density at radius 2 is 1.70 bits per heavy atom. The van der Waals surface area contributed by atoms with Gasteiger partial charge in [-0.3, -0.25) is 4.79 Å². The molecule has 1 aromatic rings. The van der Waals surface area contributed by atoms with E-state index in [9.17, 15) is 4.79 Å². The van der Waals surface area contributed by atoms with E-state index >= 15 is 0 Å². The summed E-state index contributed by atoms with van der Waals surface area (Å²) in [5, 5.41) is 0. The number of piperidine rings is 1. The Bertz CT molecular complexity index is 819. The topological polar surface area (TPSA) is 29.5 Å². The van der Waals surface area contributed by atoms with Gasteiger partial charge in [0.25, 0.3) is 0 Å². The molecule has 4 aliphatic rings. The fraction of sp³-hybridized carbons (Fsp3) is 0.741. The van der Waals surface area contributed by atoms with Crippen molar-refractivity contribution in [2.45, 2.75) is 77.7 Å². The molecule has 0 N–H and O–H groups in total. The van der Waals surface area contributed by atoms with Crippen LogP contribution in [0, 0.1) is 34.5 Å². The van der Waals surface area contributed by atoms with Crippen molar-refractivity contribution in [1.29, 1.82) is 0 Å². The summed E-state index contributed by atoms with van der Waals surface area (Å²) in [6.45, 7) is 7.63. The number of hydrogen-bond acceptors (Lipinski definition) is 2. The third kappa shape index (κ3) is 2.72. The molecule has 3 heteroatoms.